The normalized spacial score (nSPS) is 18.4. The van der Waals surface area contributed by atoms with Gasteiger partial charge in [0.15, 0.2) is 10.9 Å². The molecule has 19 heavy (non-hydrogen) atoms. The predicted octanol–water partition coefficient (Wildman–Crippen LogP) is 3.16. The third kappa shape index (κ3) is 3.92. The average Bonchev–Trinajstić information content (AvgIpc) is 2.90. The van der Waals surface area contributed by atoms with Gasteiger partial charge in [0, 0.05) is 19.3 Å². The molecule has 0 bridgehead atoms. The van der Waals surface area contributed by atoms with Crippen molar-refractivity contribution in [2.75, 3.05) is 18.5 Å². The Balaban J connectivity index is 1.89. The summed E-state index contributed by atoms with van der Waals surface area (Å²) in [5.74, 6) is 0.508. The summed E-state index contributed by atoms with van der Waals surface area (Å²) in [6.45, 7) is 3.35. The summed E-state index contributed by atoms with van der Waals surface area (Å²) in [4.78, 5) is 4.12. The first-order chi connectivity index (χ1) is 9.08. The van der Waals surface area contributed by atoms with Crippen molar-refractivity contribution in [3.63, 3.8) is 0 Å². The molecule has 0 amide bonds. The fourth-order valence-electron chi connectivity index (χ4n) is 1.81. The van der Waals surface area contributed by atoms with Crippen LogP contribution in [-0.2, 0) is 4.74 Å². The molecular formula is C12H15Cl2N3OS. The number of ether oxygens (including phenoxy) is 1. The highest BCUT2D eigenvalue weighted by molar-refractivity contribution is 7.80. The fraction of sp³-hybridized carbons (Fsp3) is 0.500. The maximum absolute atomic E-state index is 6.15. The molecule has 1 aromatic heterocycles. The van der Waals surface area contributed by atoms with E-state index in [9.17, 15) is 0 Å². The van der Waals surface area contributed by atoms with Crippen LogP contribution in [0.1, 0.15) is 18.4 Å². The molecule has 1 saturated heterocycles. The highest BCUT2D eigenvalue weighted by atomic mass is 35.5. The van der Waals surface area contributed by atoms with Gasteiger partial charge in [0.05, 0.1) is 16.1 Å². The number of hydrogen-bond donors (Lipinski definition) is 2. The molecule has 7 heteroatoms. The summed E-state index contributed by atoms with van der Waals surface area (Å²) in [7, 11) is 0. The number of pyridine rings is 1. The summed E-state index contributed by atoms with van der Waals surface area (Å²) in [5, 5.41) is 7.56. The van der Waals surface area contributed by atoms with Crippen LogP contribution in [-0.4, -0.2) is 29.4 Å². The topological polar surface area (TPSA) is 46.2 Å². The van der Waals surface area contributed by atoms with E-state index in [-0.39, 0.29) is 6.10 Å². The lowest BCUT2D eigenvalue weighted by Crippen LogP contribution is -2.35. The van der Waals surface area contributed by atoms with Gasteiger partial charge in [-0.25, -0.2) is 4.98 Å². The largest absolute Gasteiger partial charge is 0.376 e. The third-order valence-corrected chi connectivity index (χ3v) is 4.04. The van der Waals surface area contributed by atoms with E-state index in [1.165, 1.54) is 0 Å². The smallest absolute Gasteiger partial charge is 0.172 e. The number of nitrogens with one attached hydrogen (secondary N) is 2. The maximum Gasteiger partial charge on any atom is 0.172 e. The molecule has 104 valence electrons. The van der Waals surface area contributed by atoms with Crippen LogP contribution in [0.4, 0.5) is 5.82 Å². The van der Waals surface area contributed by atoms with Crippen molar-refractivity contribution >= 4 is 46.4 Å². The lowest BCUT2D eigenvalue weighted by atomic mass is 10.2. The first-order valence-electron chi connectivity index (χ1n) is 6.05. The fourth-order valence-corrected chi connectivity index (χ4v) is 2.38. The number of hydrogen-bond acceptors (Lipinski definition) is 3. The van der Waals surface area contributed by atoms with Crippen LogP contribution >= 0.6 is 35.4 Å². The zero-order valence-corrected chi connectivity index (χ0v) is 12.8. The number of anilines is 1. The van der Waals surface area contributed by atoms with E-state index in [4.69, 9.17) is 40.2 Å². The lowest BCUT2D eigenvalue weighted by molar-refractivity contribution is 0.114. The van der Waals surface area contributed by atoms with Crippen molar-refractivity contribution in [2.24, 2.45) is 0 Å². The molecule has 1 aliphatic heterocycles. The molecule has 0 aliphatic carbocycles. The van der Waals surface area contributed by atoms with Gasteiger partial charge in [0.1, 0.15) is 0 Å². The van der Waals surface area contributed by atoms with Crippen molar-refractivity contribution in [3.05, 3.63) is 21.8 Å². The quantitative estimate of drug-likeness (QED) is 0.838. The van der Waals surface area contributed by atoms with Crippen LogP contribution in [0.15, 0.2) is 6.20 Å². The maximum atomic E-state index is 6.15. The summed E-state index contributed by atoms with van der Waals surface area (Å²) in [5.41, 5.74) is 0.780. The number of aromatic nitrogens is 1. The Labute approximate surface area is 127 Å². The molecule has 0 aromatic carbocycles. The van der Waals surface area contributed by atoms with E-state index in [1.54, 1.807) is 6.20 Å². The standard InChI is InChI=1S/C12H15Cl2N3OS/c1-7-9(13)6-15-11(10(7)14)17-12(19)16-5-8-3-2-4-18-8/h6,8H,2-5H2,1H3,(H2,15,16,17,19). The Hall–Kier alpha value is -0.620. The third-order valence-electron chi connectivity index (χ3n) is 2.95. The molecule has 1 unspecified atom stereocenters. The van der Waals surface area contributed by atoms with Crippen LogP contribution < -0.4 is 10.6 Å². The molecule has 1 aliphatic rings. The molecule has 1 fully saturated rings. The van der Waals surface area contributed by atoms with Crippen LogP contribution in [0.3, 0.4) is 0 Å². The zero-order chi connectivity index (χ0) is 13.8. The summed E-state index contributed by atoms with van der Waals surface area (Å²) >= 11 is 17.3. The van der Waals surface area contributed by atoms with E-state index in [2.05, 4.69) is 15.6 Å². The number of halogens is 2. The van der Waals surface area contributed by atoms with Crippen molar-refractivity contribution in [3.8, 4) is 0 Å². The molecule has 0 saturated carbocycles. The number of nitrogens with zero attached hydrogens (tertiary/aromatic N) is 1. The van der Waals surface area contributed by atoms with Gasteiger partial charge >= 0.3 is 0 Å². The SMILES string of the molecule is Cc1c(Cl)cnc(NC(=S)NCC2CCCO2)c1Cl. The van der Waals surface area contributed by atoms with E-state index < -0.39 is 0 Å². The first-order valence-corrected chi connectivity index (χ1v) is 7.21. The number of rotatable bonds is 3. The van der Waals surface area contributed by atoms with Gasteiger partial charge in [0.25, 0.3) is 0 Å². The Morgan fingerprint density at radius 1 is 1.58 bits per heavy atom. The van der Waals surface area contributed by atoms with E-state index in [1.807, 2.05) is 6.92 Å². The minimum absolute atomic E-state index is 0.232. The van der Waals surface area contributed by atoms with Crippen LogP contribution in [0.2, 0.25) is 10.0 Å². The van der Waals surface area contributed by atoms with Gasteiger partial charge in [-0.2, -0.15) is 0 Å². The first kappa shape index (κ1) is 14.8. The van der Waals surface area contributed by atoms with Crippen molar-refractivity contribution < 1.29 is 4.74 Å². The second-order valence-corrected chi connectivity index (χ2v) is 5.56. The molecule has 2 N–H and O–H groups in total. The van der Waals surface area contributed by atoms with Crippen LogP contribution in [0.5, 0.6) is 0 Å². The summed E-state index contributed by atoms with van der Waals surface area (Å²) in [6, 6.07) is 0. The molecule has 1 atom stereocenters. The van der Waals surface area contributed by atoms with Crippen molar-refractivity contribution in [2.45, 2.75) is 25.9 Å². The van der Waals surface area contributed by atoms with E-state index >= 15 is 0 Å². The average molecular weight is 320 g/mol. The van der Waals surface area contributed by atoms with Crippen LogP contribution in [0.25, 0.3) is 0 Å². The van der Waals surface area contributed by atoms with Gasteiger partial charge < -0.3 is 15.4 Å². The van der Waals surface area contributed by atoms with Crippen molar-refractivity contribution in [1.82, 2.24) is 10.3 Å². The van der Waals surface area contributed by atoms with Gasteiger partial charge in [-0.1, -0.05) is 23.2 Å². The Bertz CT molecular complexity index is 478. The van der Waals surface area contributed by atoms with Gasteiger partial charge in [-0.3, -0.25) is 0 Å². The molecule has 2 heterocycles. The summed E-state index contributed by atoms with van der Waals surface area (Å²) in [6.07, 6.45) is 3.95. The zero-order valence-electron chi connectivity index (χ0n) is 10.5. The number of thiocarbonyl (C=S) groups is 1. The van der Waals surface area contributed by atoms with Crippen molar-refractivity contribution in [1.29, 1.82) is 0 Å². The molecule has 2 rings (SSSR count). The van der Waals surface area contributed by atoms with Crippen LogP contribution in [0, 0.1) is 6.92 Å². The highest BCUT2D eigenvalue weighted by Gasteiger charge is 2.16. The minimum atomic E-state index is 0.232. The Morgan fingerprint density at radius 3 is 3.05 bits per heavy atom. The Morgan fingerprint density at radius 2 is 2.37 bits per heavy atom. The highest BCUT2D eigenvalue weighted by Crippen LogP contribution is 2.28. The second kappa shape index (κ2) is 6.70. The molecular weight excluding hydrogens is 305 g/mol. The monoisotopic (exact) mass is 319 g/mol. The molecule has 0 spiro atoms. The molecule has 0 radical (unpaired) electrons. The summed E-state index contributed by atoms with van der Waals surface area (Å²) < 4.78 is 5.50. The predicted molar refractivity (Wildman–Crippen MR) is 82.2 cm³/mol. The minimum Gasteiger partial charge on any atom is -0.376 e. The molecule has 1 aromatic rings. The van der Waals surface area contributed by atoms with Gasteiger partial charge in [0.2, 0.25) is 0 Å². The molecule has 4 nitrogen and oxygen atoms in total. The van der Waals surface area contributed by atoms with E-state index in [0.717, 1.165) is 25.0 Å². The van der Waals surface area contributed by atoms with E-state index in [0.29, 0.717) is 27.5 Å². The van der Waals surface area contributed by atoms with Gasteiger partial charge in [-0.15, -0.1) is 0 Å². The lowest BCUT2D eigenvalue weighted by Gasteiger charge is -2.15. The Kier molecular flexibility index (Phi) is 5.21. The second-order valence-electron chi connectivity index (χ2n) is 4.36. The van der Waals surface area contributed by atoms with Gasteiger partial charge in [-0.05, 0) is 37.5 Å².